The smallest absolute Gasteiger partial charge is 0.298 e. The minimum Gasteiger partial charge on any atom is -0.489 e. The molecule has 1 saturated heterocycles. The average molecular weight is 501 g/mol. The van der Waals surface area contributed by atoms with E-state index < -0.39 is 11.7 Å². The maximum absolute atomic E-state index is 13.3. The number of amides is 1. The summed E-state index contributed by atoms with van der Waals surface area (Å²) in [5, 5.41) is 2.80. The van der Waals surface area contributed by atoms with Gasteiger partial charge < -0.3 is 19.5 Å². The highest BCUT2D eigenvalue weighted by Crippen LogP contribution is 2.38. The topological polar surface area (TPSA) is 66.8 Å². The van der Waals surface area contributed by atoms with Crippen molar-refractivity contribution in [3.05, 3.63) is 66.0 Å². The summed E-state index contributed by atoms with van der Waals surface area (Å²) in [6, 6.07) is 17.6. The summed E-state index contributed by atoms with van der Waals surface area (Å²) in [7, 11) is 1.81. The van der Waals surface area contributed by atoms with Crippen LogP contribution in [0.15, 0.2) is 54.6 Å². The molecule has 3 heterocycles. The molecular weight excluding hydrogens is 464 g/mol. The Morgan fingerprint density at radius 1 is 1.05 bits per heavy atom. The maximum Gasteiger partial charge on any atom is 0.298 e. The van der Waals surface area contributed by atoms with Crippen LogP contribution in [0.4, 0.5) is 11.4 Å². The van der Waals surface area contributed by atoms with Gasteiger partial charge in [0.1, 0.15) is 18.1 Å². The number of aryl methyl sites for hydroxylation is 1. The molecule has 2 aliphatic rings. The predicted octanol–water partition coefficient (Wildman–Crippen LogP) is 4.75. The molecule has 37 heavy (non-hydrogen) atoms. The van der Waals surface area contributed by atoms with Crippen molar-refractivity contribution in [1.29, 1.82) is 0 Å². The van der Waals surface area contributed by atoms with Crippen molar-refractivity contribution < 1.29 is 14.3 Å². The summed E-state index contributed by atoms with van der Waals surface area (Å²) in [5.74, 6) is -0.489. The number of fused-ring (bicyclic) bond motifs is 3. The molecule has 194 valence electrons. The van der Waals surface area contributed by atoms with Gasteiger partial charge in [0.05, 0.1) is 11.7 Å². The maximum atomic E-state index is 13.3. The van der Waals surface area contributed by atoms with Gasteiger partial charge in [-0.05, 0) is 36.1 Å². The number of nitrogens with zero attached hydrogens (tertiary/aromatic N) is 3. The minimum atomic E-state index is -0.664. The van der Waals surface area contributed by atoms with Gasteiger partial charge in [-0.3, -0.25) is 14.5 Å². The molecule has 7 nitrogen and oxygen atoms in total. The second-order valence-electron chi connectivity index (χ2n) is 11.4. The lowest BCUT2D eigenvalue weighted by atomic mass is 9.95. The zero-order valence-electron chi connectivity index (χ0n) is 22.4. The zero-order valence-corrected chi connectivity index (χ0v) is 22.4. The third-order valence-corrected chi connectivity index (χ3v) is 7.20. The fourth-order valence-corrected chi connectivity index (χ4v) is 5.46. The fraction of sp³-hybridized carbons (Fsp3) is 0.400. The van der Waals surface area contributed by atoms with Crippen LogP contribution >= 0.6 is 0 Å². The number of nitrogens with one attached hydrogen (secondary N) is 1. The van der Waals surface area contributed by atoms with Gasteiger partial charge >= 0.3 is 0 Å². The predicted molar refractivity (Wildman–Crippen MR) is 148 cm³/mol. The average Bonchev–Trinajstić information content (AvgIpc) is 3.16. The van der Waals surface area contributed by atoms with Crippen molar-refractivity contribution in [1.82, 2.24) is 9.47 Å². The molecule has 2 aromatic carbocycles. The minimum absolute atomic E-state index is 0.264. The molecule has 7 heteroatoms. The molecule has 1 fully saturated rings. The van der Waals surface area contributed by atoms with E-state index in [1.807, 2.05) is 68.6 Å². The van der Waals surface area contributed by atoms with E-state index in [9.17, 15) is 9.59 Å². The SMILES string of the molecule is Cc1cc(-c2ccccc2)c(C(=O)C(=O)Nc2ccc3c(c2)OCC2CN(CC(C)(C)C)CCN32)n1C. The Morgan fingerprint density at radius 2 is 1.81 bits per heavy atom. The van der Waals surface area contributed by atoms with E-state index in [2.05, 4.69) is 35.9 Å². The third kappa shape index (κ3) is 5.14. The second kappa shape index (κ2) is 9.71. The number of rotatable bonds is 5. The Morgan fingerprint density at radius 3 is 2.54 bits per heavy atom. The van der Waals surface area contributed by atoms with Gasteiger partial charge in [-0.1, -0.05) is 51.1 Å². The monoisotopic (exact) mass is 500 g/mol. The van der Waals surface area contributed by atoms with Crippen LogP contribution in [0.25, 0.3) is 11.1 Å². The van der Waals surface area contributed by atoms with E-state index in [0.29, 0.717) is 24.0 Å². The summed E-state index contributed by atoms with van der Waals surface area (Å²) >= 11 is 0. The number of hydrogen-bond acceptors (Lipinski definition) is 5. The second-order valence-corrected chi connectivity index (χ2v) is 11.4. The molecule has 1 unspecified atom stereocenters. The number of ketones is 1. The lowest BCUT2D eigenvalue weighted by Gasteiger charge is -2.46. The van der Waals surface area contributed by atoms with Gasteiger partial charge in [-0.15, -0.1) is 0 Å². The Labute approximate surface area is 219 Å². The van der Waals surface area contributed by atoms with Crippen LogP contribution in [-0.4, -0.2) is 60.0 Å². The van der Waals surface area contributed by atoms with Crippen LogP contribution in [0.5, 0.6) is 5.75 Å². The van der Waals surface area contributed by atoms with Crippen molar-refractivity contribution in [3.8, 4) is 16.9 Å². The molecule has 5 rings (SSSR count). The van der Waals surface area contributed by atoms with Crippen LogP contribution in [0.3, 0.4) is 0 Å². The van der Waals surface area contributed by atoms with E-state index in [4.69, 9.17) is 4.74 Å². The van der Waals surface area contributed by atoms with Crippen LogP contribution in [-0.2, 0) is 11.8 Å². The molecule has 1 atom stereocenters. The fourth-order valence-electron chi connectivity index (χ4n) is 5.46. The Hall–Kier alpha value is -3.58. The third-order valence-electron chi connectivity index (χ3n) is 7.20. The normalized spacial score (nSPS) is 17.5. The molecular formula is C30H36N4O3. The van der Waals surface area contributed by atoms with Crippen molar-refractivity contribution in [3.63, 3.8) is 0 Å². The molecule has 0 aliphatic carbocycles. The highest BCUT2D eigenvalue weighted by atomic mass is 16.5. The Bertz CT molecular complexity index is 1320. The first-order chi connectivity index (χ1) is 17.6. The first-order valence-electron chi connectivity index (χ1n) is 12.9. The summed E-state index contributed by atoms with van der Waals surface area (Å²) in [6.45, 7) is 13.3. The van der Waals surface area contributed by atoms with Gasteiger partial charge in [-0.2, -0.15) is 0 Å². The molecule has 1 aromatic heterocycles. The first-order valence-corrected chi connectivity index (χ1v) is 12.9. The Kier molecular flexibility index (Phi) is 6.58. The van der Waals surface area contributed by atoms with Crippen LogP contribution < -0.4 is 15.0 Å². The van der Waals surface area contributed by atoms with Gasteiger partial charge in [0, 0.05) is 56.2 Å². The van der Waals surface area contributed by atoms with Crippen molar-refractivity contribution in [2.45, 2.75) is 33.7 Å². The van der Waals surface area contributed by atoms with E-state index in [1.54, 1.807) is 4.57 Å². The molecule has 0 radical (unpaired) electrons. The number of anilines is 2. The number of ether oxygens (including phenoxy) is 1. The molecule has 2 aliphatic heterocycles. The largest absolute Gasteiger partial charge is 0.489 e. The number of benzene rings is 2. The summed E-state index contributed by atoms with van der Waals surface area (Å²) < 4.78 is 7.91. The van der Waals surface area contributed by atoms with Crippen LogP contribution in [0.2, 0.25) is 0 Å². The van der Waals surface area contributed by atoms with Gasteiger partial charge in [0.15, 0.2) is 0 Å². The lowest BCUT2D eigenvalue weighted by molar-refractivity contribution is -0.112. The summed E-state index contributed by atoms with van der Waals surface area (Å²) in [5.41, 5.74) is 4.81. The summed E-state index contributed by atoms with van der Waals surface area (Å²) in [4.78, 5) is 31.3. The number of carbonyl (C=O) groups is 2. The van der Waals surface area contributed by atoms with E-state index in [0.717, 1.165) is 54.4 Å². The molecule has 1 N–H and O–H groups in total. The van der Waals surface area contributed by atoms with E-state index >= 15 is 0 Å². The molecule has 0 spiro atoms. The zero-order chi connectivity index (χ0) is 26.3. The van der Waals surface area contributed by atoms with Gasteiger partial charge in [-0.25, -0.2) is 0 Å². The van der Waals surface area contributed by atoms with Crippen molar-refractivity contribution >= 4 is 23.1 Å². The molecule has 3 aromatic rings. The molecule has 0 bridgehead atoms. The number of carbonyl (C=O) groups excluding carboxylic acids is 2. The van der Waals surface area contributed by atoms with Crippen LogP contribution in [0.1, 0.15) is 37.0 Å². The standard InChI is InChI=1S/C30H36N4O3/c1-20-15-24(21-9-7-6-8-10-21)27(32(20)5)28(35)29(36)31-22-11-12-25-26(16-22)37-18-23-17-33(13-14-34(23)25)19-30(2,3)4/h6-12,15-16,23H,13-14,17-19H2,1-5H3,(H,31,36). The quantitative estimate of drug-likeness (QED) is 0.405. The van der Waals surface area contributed by atoms with Gasteiger partial charge in [0.25, 0.3) is 11.7 Å². The molecule has 1 amide bonds. The highest BCUT2D eigenvalue weighted by Gasteiger charge is 2.34. The highest BCUT2D eigenvalue weighted by molar-refractivity contribution is 6.47. The number of piperazine rings is 1. The van der Waals surface area contributed by atoms with Crippen molar-refractivity contribution in [2.75, 3.05) is 43.0 Å². The first kappa shape index (κ1) is 25.1. The van der Waals surface area contributed by atoms with E-state index in [1.165, 1.54) is 0 Å². The lowest BCUT2D eigenvalue weighted by Crippen LogP contribution is -2.58. The van der Waals surface area contributed by atoms with Gasteiger partial charge in [0.2, 0.25) is 0 Å². The number of aromatic nitrogens is 1. The van der Waals surface area contributed by atoms with E-state index in [-0.39, 0.29) is 5.41 Å². The van der Waals surface area contributed by atoms with Crippen molar-refractivity contribution in [2.24, 2.45) is 12.5 Å². The Balaban J connectivity index is 1.31. The van der Waals surface area contributed by atoms with Crippen LogP contribution in [0, 0.1) is 12.3 Å². The summed E-state index contributed by atoms with van der Waals surface area (Å²) in [6.07, 6.45) is 0. The number of Topliss-reactive ketones (excluding diaryl/α,β-unsaturated/α-hetero) is 1. The molecule has 0 saturated carbocycles. The number of hydrogen-bond donors (Lipinski definition) is 1.